The van der Waals surface area contributed by atoms with E-state index in [2.05, 4.69) is 41.1 Å². The summed E-state index contributed by atoms with van der Waals surface area (Å²) in [6.45, 7) is 2.07. The molecule has 62 valence electrons. The Balaban J connectivity index is 2.81. The lowest BCUT2D eigenvalue weighted by Crippen LogP contribution is -1.71. The Morgan fingerprint density at radius 1 is 1.25 bits per heavy atom. The van der Waals surface area contributed by atoms with Gasteiger partial charge in [0.05, 0.1) is 0 Å². The van der Waals surface area contributed by atoms with Gasteiger partial charge in [0.15, 0.2) is 0 Å². The van der Waals surface area contributed by atoms with Gasteiger partial charge in [-0.15, -0.1) is 0 Å². The Morgan fingerprint density at radius 3 is 2.50 bits per heavy atom. The molecule has 0 aromatic heterocycles. The smallest absolute Gasteiger partial charge is 0.0186 e. The third-order valence-electron chi connectivity index (χ3n) is 1.52. The third-order valence-corrected chi connectivity index (χ3v) is 1.78. The van der Waals surface area contributed by atoms with E-state index in [0.29, 0.717) is 0 Å². The van der Waals surface area contributed by atoms with Gasteiger partial charge in [0.2, 0.25) is 0 Å². The van der Waals surface area contributed by atoms with E-state index in [1.807, 2.05) is 29.3 Å². The predicted molar refractivity (Wildman–Crippen MR) is 58.2 cm³/mol. The van der Waals surface area contributed by atoms with Crippen LogP contribution in [-0.4, -0.2) is 0 Å². The van der Waals surface area contributed by atoms with Crippen molar-refractivity contribution in [2.45, 2.75) is 6.92 Å². The highest BCUT2D eigenvalue weighted by molar-refractivity contribution is 9.11. The molecule has 0 aliphatic rings. The number of hydrogen-bond donors (Lipinski definition) is 0. The minimum Gasteiger partial charge on any atom is -0.0622 e. The maximum Gasteiger partial charge on any atom is -0.0186 e. The highest BCUT2D eigenvalue weighted by atomic mass is 79.9. The molecule has 0 bridgehead atoms. The molecule has 0 unspecified atom stereocenters. The Kier molecular flexibility index (Phi) is 3.81. The summed E-state index contributed by atoms with van der Waals surface area (Å²) >= 11 is 3.24. The van der Waals surface area contributed by atoms with E-state index < -0.39 is 0 Å². The van der Waals surface area contributed by atoms with E-state index in [4.69, 9.17) is 0 Å². The standard InChI is InChI=1S/C11H11Br/c1-10(7-8-12)9-11-5-3-2-4-6-11/h2-9H,1H3/b8-7+,10-9+. The molecule has 0 saturated heterocycles. The summed E-state index contributed by atoms with van der Waals surface area (Å²) in [5.74, 6) is 0. The van der Waals surface area contributed by atoms with E-state index in [-0.39, 0.29) is 0 Å². The zero-order chi connectivity index (χ0) is 8.81. The molecule has 1 aromatic rings. The molecule has 1 rings (SSSR count). The van der Waals surface area contributed by atoms with Gasteiger partial charge in [-0.2, -0.15) is 0 Å². The average Bonchev–Trinajstić information content (AvgIpc) is 2.06. The molecule has 0 N–H and O–H groups in total. The Morgan fingerprint density at radius 2 is 1.92 bits per heavy atom. The lowest BCUT2D eigenvalue weighted by atomic mass is 10.1. The second-order valence-electron chi connectivity index (χ2n) is 2.59. The number of allylic oxidation sites excluding steroid dienone is 2. The summed E-state index contributed by atoms with van der Waals surface area (Å²) in [4.78, 5) is 1.86. The first-order chi connectivity index (χ1) is 5.83. The maximum absolute atomic E-state index is 3.24. The van der Waals surface area contributed by atoms with Gasteiger partial charge in [-0.25, -0.2) is 0 Å². The molecular formula is C11H11Br. The average molecular weight is 223 g/mol. The van der Waals surface area contributed by atoms with Crippen molar-refractivity contribution in [3.63, 3.8) is 0 Å². The molecule has 0 spiro atoms. The van der Waals surface area contributed by atoms with Crippen LogP contribution in [0, 0.1) is 0 Å². The summed E-state index contributed by atoms with van der Waals surface area (Å²) in [6.07, 6.45) is 4.16. The fourth-order valence-corrected chi connectivity index (χ4v) is 1.38. The quantitative estimate of drug-likeness (QED) is 0.664. The first-order valence-electron chi connectivity index (χ1n) is 3.83. The SMILES string of the molecule is CC(/C=C/Br)=C\c1ccccc1. The van der Waals surface area contributed by atoms with Gasteiger partial charge in [0, 0.05) is 0 Å². The van der Waals surface area contributed by atoms with Crippen molar-refractivity contribution < 1.29 is 0 Å². The van der Waals surface area contributed by atoms with Gasteiger partial charge in [-0.1, -0.05) is 64.0 Å². The minimum absolute atomic E-state index is 1.23. The zero-order valence-corrected chi connectivity index (χ0v) is 8.58. The van der Waals surface area contributed by atoms with Crippen LogP contribution in [0.3, 0.4) is 0 Å². The Bertz CT molecular complexity index is 283. The topological polar surface area (TPSA) is 0 Å². The van der Waals surface area contributed by atoms with Crippen molar-refractivity contribution in [1.29, 1.82) is 0 Å². The third kappa shape index (κ3) is 3.05. The fraction of sp³-hybridized carbons (Fsp3) is 0.0909. The number of benzene rings is 1. The zero-order valence-electron chi connectivity index (χ0n) is 7.00. The molecule has 0 fully saturated rings. The summed E-state index contributed by atoms with van der Waals surface area (Å²) in [5.41, 5.74) is 2.47. The van der Waals surface area contributed by atoms with E-state index in [1.165, 1.54) is 11.1 Å². The lowest BCUT2D eigenvalue weighted by Gasteiger charge is -1.93. The molecular weight excluding hydrogens is 212 g/mol. The van der Waals surface area contributed by atoms with E-state index in [1.54, 1.807) is 0 Å². The van der Waals surface area contributed by atoms with Crippen molar-refractivity contribution in [2.75, 3.05) is 0 Å². The van der Waals surface area contributed by atoms with E-state index >= 15 is 0 Å². The molecule has 0 aliphatic carbocycles. The summed E-state index contributed by atoms with van der Waals surface area (Å²) < 4.78 is 0. The molecule has 12 heavy (non-hydrogen) atoms. The Hall–Kier alpha value is -0.820. The number of halogens is 1. The molecule has 0 nitrogen and oxygen atoms in total. The fourth-order valence-electron chi connectivity index (χ4n) is 0.960. The summed E-state index contributed by atoms with van der Waals surface area (Å²) in [7, 11) is 0. The van der Waals surface area contributed by atoms with Crippen molar-refractivity contribution >= 4 is 22.0 Å². The van der Waals surface area contributed by atoms with Gasteiger partial charge in [-0.05, 0) is 17.5 Å². The van der Waals surface area contributed by atoms with Crippen LogP contribution in [0.5, 0.6) is 0 Å². The molecule has 0 atom stereocenters. The largest absolute Gasteiger partial charge is 0.0622 e. The van der Waals surface area contributed by atoms with Crippen LogP contribution in [0.1, 0.15) is 12.5 Å². The second kappa shape index (κ2) is 4.94. The van der Waals surface area contributed by atoms with Gasteiger partial charge in [0.1, 0.15) is 0 Å². The van der Waals surface area contributed by atoms with Crippen LogP contribution in [0.4, 0.5) is 0 Å². The summed E-state index contributed by atoms with van der Waals surface area (Å²) in [5, 5.41) is 0. The molecule has 0 amide bonds. The molecule has 0 heterocycles. The van der Waals surface area contributed by atoms with Crippen LogP contribution in [0.2, 0.25) is 0 Å². The molecule has 0 aliphatic heterocycles. The van der Waals surface area contributed by atoms with Gasteiger partial charge < -0.3 is 0 Å². The molecule has 1 heteroatoms. The van der Waals surface area contributed by atoms with Crippen LogP contribution in [-0.2, 0) is 0 Å². The van der Waals surface area contributed by atoms with Gasteiger partial charge >= 0.3 is 0 Å². The Labute approximate surface area is 81.7 Å². The van der Waals surface area contributed by atoms with Crippen molar-refractivity contribution in [3.05, 3.63) is 52.5 Å². The van der Waals surface area contributed by atoms with Gasteiger partial charge in [-0.3, -0.25) is 0 Å². The van der Waals surface area contributed by atoms with E-state index in [0.717, 1.165) is 0 Å². The monoisotopic (exact) mass is 222 g/mol. The minimum atomic E-state index is 1.23. The van der Waals surface area contributed by atoms with Crippen molar-refractivity contribution in [2.24, 2.45) is 0 Å². The molecule has 1 aromatic carbocycles. The predicted octanol–water partition coefficient (Wildman–Crippen LogP) is 4.00. The van der Waals surface area contributed by atoms with Crippen molar-refractivity contribution in [1.82, 2.24) is 0 Å². The van der Waals surface area contributed by atoms with Crippen LogP contribution in [0.25, 0.3) is 6.08 Å². The highest BCUT2D eigenvalue weighted by Crippen LogP contribution is 2.07. The van der Waals surface area contributed by atoms with Crippen LogP contribution in [0.15, 0.2) is 47.0 Å². The maximum atomic E-state index is 3.24. The normalized spacial score (nSPS) is 12.3. The summed E-state index contributed by atoms with van der Waals surface area (Å²) in [6, 6.07) is 10.3. The molecule has 0 radical (unpaired) electrons. The lowest BCUT2D eigenvalue weighted by molar-refractivity contribution is 1.55. The highest BCUT2D eigenvalue weighted by Gasteiger charge is 1.84. The first kappa shape index (κ1) is 9.27. The molecule has 0 saturated carbocycles. The van der Waals surface area contributed by atoms with Crippen molar-refractivity contribution in [3.8, 4) is 0 Å². The van der Waals surface area contributed by atoms with Crippen LogP contribution < -0.4 is 0 Å². The first-order valence-corrected chi connectivity index (χ1v) is 4.74. The van der Waals surface area contributed by atoms with Gasteiger partial charge in [0.25, 0.3) is 0 Å². The second-order valence-corrected chi connectivity index (χ2v) is 3.12. The number of hydrogen-bond acceptors (Lipinski definition) is 0. The van der Waals surface area contributed by atoms with Crippen LogP contribution >= 0.6 is 15.9 Å². The number of rotatable bonds is 2. The van der Waals surface area contributed by atoms with E-state index in [9.17, 15) is 0 Å².